The van der Waals surface area contributed by atoms with E-state index in [1.807, 2.05) is 6.92 Å². The fourth-order valence-corrected chi connectivity index (χ4v) is 3.64. The van der Waals surface area contributed by atoms with Gasteiger partial charge in [0, 0.05) is 16.8 Å². The Balaban J connectivity index is 1.47. The second-order valence-electron chi connectivity index (χ2n) is 7.51. The number of carbonyl (C=O) groups excluding carboxylic acids is 1. The van der Waals surface area contributed by atoms with Crippen LogP contribution in [-0.2, 0) is 0 Å². The molecular formula is C23H20Cl2FN7O2. The van der Waals surface area contributed by atoms with Gasteiger partial charge in [0.25, 0.3) is 0 Å². The molecule has 0 radical (unpaired) electrons. The molecule has 2 aromatic heterocycles. The summed E-state index contributed by atoms with van der Waals surface area (Å²) in [5, 5.41) is 23.0. The number of amides is 2. The van der Waals surface area contributed by atoms with Crippen LogP contribution in [-0.4, -0.2) is 37.5 Å². The minimum atomic E-state index is -0.639. The number of nitrogens with one attached hydrogen (secondary N) is 3. The number of anilines is 3. The Morgan fingerprint density at radius 3 is 2.77 bits per heavy atom. The summed E-state index contributed by atoms with van der Waals surface area (Å²) in [6.45, 7) is 1.50. The summed E-state index contributed by atoms with van der Waals surface area (Å²) >= 11 is 12.1. The maximum Gasteiger partial charge on any atom is 0.319 e. The van der Waals surface area contributed by atoms with Crippen molar-refractivity contribution in [2.75, 3.05) is 17.2 Å². The van der Waals surface area contributed by atoms with Gasteiger partial charge in [-0.05, 0) is 42.8 Å². The number of aromatic nitrogens is 4. The third-order valence-corrected chi connectivity index (χ3v) is 5.47. The summed E-state index contributed by atoms with van der Waals surface area (Å²) in [6.07, 6.45) is 4.63. The first-order valence-corrected chi connectivity index (χ1v) is 11.1. The Bertz CT molecular complexity index is 1370. The number of aliphatic hydroxyl groups excluding tert-OH is 1. The van der Waals surface area contributed by atoms with Gasteiger partial charge in [-0.1, -0.05) is 35.3 Å². The second-order valence-corrected chi connectivity index (χ2v) is 8.36. The molecule has 0 aliphatic heterocycles. The molecular weight excluding hydrogens is 496 g/mol. The lowest BCUT2D eigenvalue weighted by molar-refractivity contribution is 0.225. The van der Waals surface area contributed by atoms with Crippen LogP contribution in [0.5, 0.6) is 0 Å². The molecule has 2 heterocycles. The lowest BCUT2D eigenvalue weighted by atomic mass is 10.1. The molecule has 0 saturated carbocycles. The number of carbonyl (C=O) groups is 1. The smallest absolute Gasteiger partial charge is 0.319 e. The molecule has 4 rings (SSSR count). The van der Waals surface area contributed by atoms with Crippen LogP contribution in [0.25, 0.3) is 5.82 Å². The van der Waals surface area contributed by atoms with Crippen LogP contribution in [0, 0.1) is 12.7 Å². The normalized spacial score (nSPS) is 11.7. The molecule has 0 aliphatic carbocycles. The average Bonchev–Trinajstić information content (AvgIpc) is 3.28. The van der Waals surface area contributed by atoms with Crippen LogP contribution in [0.4, 0.5) is 26.5 Å². The van der Waals surface area contributed by atoms with Crippen molar-refractivity contribution in [3.63, 3.8) is 0 Å². The molecule has 1 atom stereocenters. The molecule has 4 N–H and O–H groups in total. The van der Waals surface area contributed by atoms with Crippen molar-refractivity contribution in [3.8, 4) is 5.82 Å². The number of rotatable bonds is 7. The number of urea groups is 1. The zero-order chi connectivity index (χ0) is 24.9. The number of nitrogens with zero attached hydrogens (tertiary/aromatic N) is 4. The molecule has 180 valence electrons. The van der Waals surface area contributed by atoms with Gasteiger partial charge >= 0.3 is 6.03 Å². The number of aryl methyl sites for hydroxylation is 1. The van der Waals surface area contributed by atoms with Crippen LogP contribution < -0.4 is 16.0 Å². The standard InChI is InChI=1S/C23H20Cl2FN7O2/c1-13-9-27-22(30-19-6-5-16(26)8-18(19)25)32-21(13)33-11-17(10-28-33)29-23(35)31-20(12-34)14-3-2-4-15(24)7-14/h2-11,20,34H,12H2,1H3,(H,27,30,32)(H2,29,31,35)/t20-/m0/s1. The van der Waals surface area contributed by atoms with Crippen LogP contribution in [0.3, 0.4) is 0 Å². The summed E-state index contributed by atoms with van der Waals surface area (Å²) < 4.78 is 14.8. The second kappa shape index (κ2) is 10.7. The molecule has 9 nitrogen and oxygen atoms in total. The van der Waals surface area contributed by atoms with Gasteiger partial charge in [0.2, 0.25) is 5.95 Å². The molecule has 2 amide bonds. The molecule has 0 saturated heterocycles. The number of aliphatic hydroxyl groups is 1. The third kappa shape index (κ3) is 6.04. The molecule has 0 aliphatic rings. The number of hydrogen-bond acceptors (Lipinski definition) is 6. The van der Waals surface area contributed by atoms with E-state index in [0.29, 0.717) is 27.8 Å². The van der Waals surface area contributed by atoms with E-state index in [9.17, 15) is 14.3 Å². The molecule has 12 heteroatoms. The quantitative estimate of drug-likeness (QED) is 0.274. The van der Waals surface area contributed by atoms with Crippen molar-refractivity contribution in [2.45, 2.75) is 13.0 Å². The van der Waals surface area contributed by atoms with Crippen molar-refractivity contribution in [2.24, 2.45) is 0 Å². The average molecular weight is 516 g/mol. The number of hydrogen-bond donors (Lipinski definition) is 4. The van der Waals surface area contributed by atoms with E-state index in [1.165, 1.54) is 29.1 Å². The predicted octanol–water partition coefficient (Wildman–Crippen LogP) is 5.02. The van der Waals surface area contributed by atoms with Crippen LogP contribution in [0.2, 0.25) is 10.0 Å². The molecule has 0 spiro atoms. The van der Waals surface area contributed by atoms with Gasteiger partial charge < -0.3 is 21.1 Å². The first-order valence-electron chi connectivity index (χ1n) is 10.4. The van der Waals surface area contributed by atoms with Crippen LogP contribution in [0.1, 0.15) is 17.2 Å². The lowest BCUT2D eigenvalue weighted by Crippen LogP contribution is -2.34. The summed E-state index contributed by atoms with van der Waals surface area (Å²) in [5.74, 6) is 0.236. The third-order valence-electron chi connectivity index (χ3n) is 4.92. The van der Waals surface area contributed by atoms with Crippen molar-refractivity contribution < 1.29 is 14.3 Å². The minimum Gasteiger partial charge on any atom is -0.394 e. The van der Waals surface area contributed by atoms with Gasteiger partial charge in [0.05, 0.1) is 41.4 Å². The summed E-state index contributed by atoms with van der Waals surface area (Å²) in [5.41, 5.74) is 2.24. The van der Waals surface area contributed by atoms with Crippen molar-refractivity contribution in [3.05, 3.63) is 88.0 Å². The van der Waals surface area contributed by atoms with Gasteiger partial charge in [-0.3, -0.25) is 0 Å². The zero-order valence-corrected chi connectivity index (χ0v) is 19.8. The van der Waals surface area contributed by atoms with E-state index in [-0.39, 0.29) is 17.6 Å². The Morgan fingerprint density at radius 1 is 1.20 bits per heavy atom. The Morgan fingerprint density at radius 2 is 2.03 bits per heavy atom. The SMILES string of the molecule is Cc1cnc(Nc2ccc(F)cc2Cl)nc1-n1cc(NC(=O)N[C@@H](CO)c2cccc(Cl)c2)cn1. The van der Waals surface area contributed by atoms with Gasteiger partial charge in [-0.2, -0.15) is 10.1 Å². The number of halogens is 3. The van der Waals surface area contributed by atoms with Gasteiger partial charge in [0.1, 0.15) is 5.82 Å². The van der Waals surface area contributed by atoms with Gasteiger partial charge in [0.15, 0.2) is 5.82 Å². The van der Waals surface area contributed by atoms with E-state index in [2.05, 4.69) is 31.0 Å². The Labute approximate surface area is 209 Å². The molecule has 0 bridgehead atoms. The van der Waals surface area contributed by atoms with E-state index in [0.717, 1.165) is 5.56 Å². The molecule has 2 aromatic carbocycles. The van der Waals surface area contributed by atoms with E-state index >= 15 is 0 Å². The topological polar surface area (TPSA) is 117 Å². The fourth-order valence-electron chi connectivity index (χ4n) is 3.22. The highest BCUT2D eigenvalue weighted by atomic mass is 35.5. The highest BCUT2D eigenvalue weighted by molar-refractivity contribution is 6.33. The number of benzene rings is 2. The predicted molar refractivity (Wildman–Crippen MR) is 132 cm³/mol. The summed E-state index contributed by atoms with van der Waals surface area (Å²) in [4.78, 5) is 21.2. The van der Waals surface area contributed by atoms with Crippen molar-refractivity contribution >= 4 is 46.6 Å². The highest BCUT2D eigenvalue weighted by Gasteiger charge is 2.16. The van der Waals surface area contributed by atoms with Crippen LogP contribution >= 0.6 is 23.2 Å². The summed E-state index contributed by atoms with van der Waals surface area (Å²) in [6, 6.07) is 9.64. The first kappa shape index (κ1) is 24.4. The molecule has 4 aromatic rings. The monoisotopic (exact) mass is 515 g/mol. The van der Waals surface area contributed by atoms with Gasteiger partial charge in [-0.15, -0.1) is 0 Å². The Hall–Kier alpha value is -3.73. The lowest BCUT2D eigenvalue weighted by Gasteiger charge is -2.17. The highest BCUT2D eigenvalue weighted by Crippen LogP contribution is 2.25. The largest absolute Gasteiger partial charge is 0.394 e. The van der Waals surface area contributed by atoms with Gasteiger partial charge in [-0.25, -0.2) is 18.9 Å². The maximum absolute atomic E-state index is 13.3. The van der Waals surface area contributed by atoms with E-state index in [1.54, 1.807) is 36.7 Å². The zero-order valence-electron chi connectivity index (χ0n) is 18.3. The van der Waals surface area contributed by atoms with E-state index < -0.39 is 17.9 Å². The van der Waals surface area contributed by atoms with Crippen molar-refractivity contribution in [1.82, 2.24) is 25.1 Å². The summed E-state index contributed by atoms with van der Waals surface area (Å²) in [7, 11) is 0. The van der Waals surface area contributed by atoms with Crippen LogP contribution in [0.15, 0.2) is 61.1 Å². The minimum absolute atomic E-state index is 0.186. The Kier molecular flexibility index (Phi) is 7.45. The maximum atomic E-state index is 13.3. The molecule has 0 fully saturated rings. The van der Waals surface area contributed by atoms with Crippen molar-refractivity contribution in [1.29, 1.82) is 0 Å². The molecule has 0 unspecified atom stereocenters. The van der Waals surface area contributed by atoms with E-state index in [4.69, 9.17) is 23.2 Å². The fraction of sp³-hybridized carbons (Fsp3) is 0.130. The first-order chi connectivity index (χ1) is 16.8. The molecule has 35 heavy (non-hydrogen) atoms.